The van der Waals surface area contributed by atoms with Gasteiger partial charge in [-0.15, -0.1) is 0 Å². The summed E-state index contributed by atoms with van der Waals surface area (Å²) in [5, 5.41) is 9.94. The van der Waals surface area contributed by atoms with Crippen molar-refractivity contribution in [1.82, 2.24) is 15.2 Å². The lowest BCUT2D eigenvalue weighted by Gasteiger charge is -2.26. The quantitative estimate of drug-likeness (QED) is 0.741. The van der Waals surface area contributed by atoms with Crippen LogP contribution in [0.1, 0.15) is 42.9 Å². The average Bonchev–Trinajstić information content (AvgIpc) is 2.97. The number of ether oxygens (including phenoxy) is 1. The monoisotopic (exact) mass is 409 g/mol. The summed E-state index contributed by atoms with van der Waals surface area (Å²) in [6.45, 7) is 9.52. The summed E-state index contributed by atoms with van der Waals surface area (Å²) in [6, 6.07) is -0.0659. The first-order valence-corrected chi connectivity index (χ1v) is 8.74. The molecule has 2 N–H and O–H groups in total. The molecule has 0 aromatic carbocycles. The van der Waals surface area contributed by atoms with Crippen LogP contribution in [0.3, 0.4) is 0 Å². The highest BCUT2D eigenvalue weighted by Crippen LogP contribution is 2.20. The molecule has 1 aromatic heterocycles. The molecule has 1 aromatic rings. The van der Waals surface area contributed by atoms with Crippen LogP contribution < -0.4 is 5.32 Å². The highest BCUT2D eigenvalue weighted by Gasteiger charge is 2.38. The Morgan fingerprint density at radius 2 is 1.96 bits per heavy atom. The smallest absolute Gasteiger partial charge is 0.475 e. The van der Waals surface area contributed by atoms with E-state index in [9.17, 15) is 18.0 Å². The van der Waals surface area contributed by atoms with Crippen molar-refractivity contribution in [1.29, 1.82) is 0 Å². The summed E-state index contributed by atoms with van der Waals surface area (Å²) < 4.78 is 42.3. The van der Waals surface area contributed by atoms with Gasteiger partial charge >= 0.3 is 18.1 Å². The molecular formula is C17H26F3N3O5. The van der Waals surface area contributed by atoms with Crippen molar-refractivity contribution >= 4 is 11.9 Å². The third kappa shape index (κ3) is 7.85. The molecule has 1 aliphatic heterocycles. The van der Waals surface area contributed by atoms with Gasteiger partial charge in [0, 0.05) is 39.2 Å². The zero-order valence-corrected chi connectivity index (χ0v) is 16.3. The van der Waals surface area contributed by atoms with Crippen molar-refractivity contribution in [2.24, 2.45) is 5.92 Å². The standard InChI is InChI=1S/C15H25N3O3.C2HF3O2/c1-10(2)7-18-6-5-13-12(8-18)17-15(21-13)14(19)16-11(3)9-20-4;3-2(4,5)1(6)7/h10-11H,5-9H2,1-4H3,(H,16,19);(H,6,7)/t11-;/m0./s1. The van der Waals surface area contributed by atoms with Crippen molar-refractivity contribution in [3.8, 4) is 0 Å². The summed E-state index contributed by atoms with van der Waals surface area (Å²) in [5.41, 5.74) is 0.895. The van der Waals surface area contributed by atoms with Crippen LogP contribution in [0.5, 0.6) is 0 Å². The Balaban J connectivity index is 0.000000480. The van der Waals surface area contributed by atoms with Crippen LogP contribution in [0.15, 0.2) is 4.42 Å². The summed E-state index contributed by atoms with van der Waals surface area (Å²) in [5.74, 6) is -1.40. The lowest BCUT2D eigenvalue weighted by molar-refractivity contribution is -0.192. The number of methoxy groups -OCH3 is 1. The Hall–Kier alpha value is -2.14. The fourth-order valence-electron chi connectivity index (χ4n) is 2.60. The van der Waals surface area contributed by atoms with E-state index in [0.29, 0.717) is 12.5 Å². The minimum Gasteiger partial charge on any atom is -0.475 e. The number of rotatable bonds is 6. The number of aromatic nitrogens is 1. The molecule has 0 bridgehead atoms. The number of alkyl halides is 3. The minimum atomic E-state index is -5.08. The Kier molecular flexibility index (Phi) is 8.89. The van der Waals surface area contributed by atoms with Crippen LogP contribution in [0, 0.1) is 5.92 Å². The fourth-order valence-corrected chi connectivity index (χ4v) is 2.60. The summed E-state index contributed by atoms with van der Waals surface area (Å²) in [6.07, 6.45) is -4.27. The molecule has 1 atom stereocenters. The molecule has 0 aliphatic carbocycles. The molecule has 8 nitrogen and oxygen atoms in total. The number of oxazole rings is 1. The SMILES string of the molecule is COC[C@H](C)NC(=O)c1nc2c(o1)CCN(CC(C)C)C2.O=C(O)C(F)(F)F. The second kappa shape index (κ2) is 10.4. The lowest BCUT2D eigenvalue weighted by atomic mass is 10.1. The number of hydrogen-bond acceptors (Lipinski definition) is 6. The zero-order valence-electron chi connectivity index (χ0n) is 16.3. The Morgan fingerprint density at radius 3 is 2.46 bits per heavy atom. The molecule has 2 heterocycles. The van der Waals surface area contributed by atoms with Crippen molar-refractivity contribution in [3.05, 3.63) is 17.3 Å². The van der Waals surface area contributed by atoms with Gasteiger partial charge < -0.3 is 19.6 Å². The summed E-state index contributed by atoms with van der Waals surface area (Å²) in [7, 11) is 1.61. The third-order valence-electron chi connectivity index (χ3n) is 3.66. The van der Waals surface area contributed by atoms with Gasteiger partial charge in [0.25, 0.3) is 5.89 Å². The first-order valence-electron chi connectivity index (χ1n) is 8.74. The first kappa shape index (κ1) is 23.9. The van der Waals surface area contributed by atoms with E-state index in [0.717, 1.165) is 37.5 Å². The highest BCUT2D eigenvalue weighted by atomic mass is 19.4. The van der Waals surface area contributed by atoms with Crippen molar-refractivity contribution < 1.29 is 37.0 Å². The van der Waals surface area contributed by atoms with Crippen LogP contribution in [0.25, 0.3) is 0 Å². The molecule has 0 radical (unpaired) electrons. The number of aliphatic carboxylic acids is 1. The predicted molar refractivity (Wildman–Crippen MR) is 92.8 cm³/mol. The molecule has 160 valence electrons. The fraction of sp³-hybridized carbons (Fsp3) is 0.706. The number of carboxylic acids is 1. The van der Waals surface area contributed by atoms with E-state index in [1.54, 1.807) is 7.11 Å². The largest absolute Gasteiger partial charge is 0.490 e. The molecule has 0 spiro atoms. The second-order valence-corrected chi connectivity index (χ2v) is 6.90. The van der Waals surface area contributed by atoms with E-state index in [4.69, 9.17) is 19.1 Å². The highest BCUT2D eigenvalue weighted by molar-refractivity contribution is 5.89. The topological polar surface area (TPSA) is 105 Å². The molecule has 1 aliphatic rings. The number of hydrogen-bond donors (Lipinski definition) is 2. The number of nitrogens with zero attached hydrogens (tertiary/aromatic N) is 2. The summed E-state index contributed by atoms with van der Waals surface area (Å²) >= 11 is 0. The molecule has 11 heteroatoms. The molecule has 0 fully saturated rings. The van der Waals surface area contributed by atoms with Gasteiger partial charge in [0.2, 0.25) is 0 Å². The number of carboxylic acid groups (broad SMARTS) is 1. The third-order valence-corrected chi connectivity index (χ3v) is 3.66. The maximum absolute atomic E-state index is 12.1. The van der Waals surface area contributed by atoms with E-state index < -0.39 is 12.1 Å². The number of carbonyl (C=O) groups is 2. The van der Waals surface area contributed by atoms with Gasteiger partial charge in [0.15, 0.2) is 0 Å². The van der Waals surface area contributed by atoms with Crippen molar-refractivity contribution in [2.45, 2.75) is 46.0 Å². The predicted octanol–water partition coefficient (Wildman–Crippen LogP) is 2.09. The Labute approximate surface area is 161 Å². The number of amides is 1. The second-order valence-electron chi connectivity index (χ2n) is 6.90. The number of fused-ring (bicyclic) bond motifs is 1. The zero-order chi connectivity index (χ0) is 21.5. The first-order chi connectivity index (χ1) is 12.9. The Morgan fingerprint density at radius 1 is 1.36 bits per heavy atom. The van der Waals surface area contributed by atoms with Crippen molar-refractivity contribution in [3.63, 3.8) is 0 Å². The van der Waals surface area contributed by atoms with Gasteiger partial charge in [0.1, 0.15) is 5.76 Å². The van der Waals surface area contributed by atoms with Gasteiger partial charge in [-0.2, -0.15) is 13.2 Å². The number of nitrogens with one attached hydrogen (secondary N) is 1. The van der Waals surface area contributed by atoms with Crippen LogP contribution in [-0.4, -0.2) is 65.9 Å². The van der Waals surface area contributed by atoms with E-state index in [2.05, 4.69) is 29.0 Å². The molecule has 0 saturated heterocycles. The van der Waals surface area contributed by atoms with Crippen LogP contribution in [0.2, 0.25) is 0 Å². The molecule has 2 rings (SSSR count). The summed E-state index contributed by atoms with van der Waals surface area (Å²) in [4.78, 5) is 27.7. The molecular weight excluding hydrogens is 383 g/mol. The van der Waals surface area contributed by atoms with Crippen LogP contribution in [0.4, 0.5) is 13.2 Å². The van der Waals surface area contributed by atoms with E-state index in [-0.39, 0.29) is 17.8 Å². The van der Waals surface area contributed by atoms with E-state index >= 15 is 0 Å². The van der Waals surface area contributed by atoms with Crippen LogP contribution >= 0.6 is 0 Å². The van der Waals surface area contributed by atoms with Gasteiger partial charge in [-0.25, -0.2) is 9.78 Å². The van der Waals surface area contributed by atoms with Gasteiger partial charge in [-0.3, -0.25) is 9.69 Å². The van der Waals surface area contributed by atoms with Crippen molar-refractivity contribution in [2.75, 3.05) is 26.8 Å². The molecule has 0 unspecified atom stereocenters. The normalized spacial score (nSPS) is 15.4. The van der Waals surface area contributed by atoms with E-state index in [1.165, 1.54) is 0 Å². The molecule has 0 saturated carbocycles. The lowest BCUT2D eigenvalue weighted by Crippen LogP contribution is -2.35. The Bertz CT molecular complexity index is 661. The molecule has 28 heavy (non-hydrogen) atoms. The van der Waals surface area contributed by atoms with Gasteiger partial charge in [-0.1, -0.05) is 13.8 Å². The van der Waals surface area contributed by atoms with Gasteiger partial charge in [0.05, 0.1) is 12.3 Å². The van der Waals surface area contributed by atoms with E-state index in [1.807, 2.05) is 6.92 Å². The number of carbonyl (C=O) groups excluding carboxylic acids is 1. The van der Waals surface area contributed by atoms with Crippen LogP contribution in [-0.2, 0) is 22.5 Å². The maximum Gasteiger partial charge on any atom is 0.490 e. The maximum atomic E-state index is 12.1. The van der Waals surface area contributed by atoms with Gasteiger partial charge in [-0.05, 0) is 12.8 Å². The minimum absolute atomic E-state index is 0.0659. The number of halogens is 3. The average molecular weight is 409 g/mol. The molecule has 1 amide bonds.